The van der Waals surface area contributed by atoms with E-state index in [1.807, 2.05) is 16.8 Å². The fraction of sp³-hybridized carbons (Fsp3) is 0.105. The van der Waals surface area contributed by atoms with E-state index in [2.05, 4.69) is 57.2 Å². The van der Waals surface area contributed by atoms with E-state index in [1.54, 1.807) is 29.4 Å². The van der Waals surface area contributed by atoms with Crippen LogP contribution in [0.5, 0.6) is 0 Å². The molecule has 7 heteroatoms. The number of pyridine rings is 1. The number of fused-ring (bicyclic) bond motifs is 3. The molecule has 26 heavy (non-hydrogen) atoms. The van der Waals surface area contributed by atoms with Gasteiger partial charge in [0.25, 0.3) is 0 Å². The molecule has 7 nitrogen and oxygen atoms in total. The Labute approximate surface area is 149 Å². The Morgan fingerprint density at radius 3 is 2.62 bits per heavy atom. The lowest BCUT2D eigenvalue weighted by molar-refractivity contribution is 0.876. The topological polar surface area (TPSA) is 73.8 Å². The Morgan fingerprint density at radius 1 is 0.962 bits per heavy atom. The second-order valence-corrected chi connectivity index (χ2v) is 6.27. The summed E-state index contributed by atoms with van der Waals surface area (Å²) in [6.45, 7) is 4.16. The fourth-order valence-electron chi connectivity index (χ4n) is 3.16. The molecule has 0 spiro atoms. The molecule has 0 bridgehead atoms. The zero-order valence-corrected chi connectivity index (χ0v) is 14.3. The molecule has 0 aliphatic carbocycles. The van der Waals surface area contributed by atoms with Crippen LogP contribution in [-0.4, -0.2) is 34.3 Å². The minimum absolute atomic E-state index is 0.640. The maximum absolute atomic E-state index is 4.69. The van der Waals surface area contributed by atoms with Crippen molar-refractivity contribution in [2.75, 3.05) is 0 Å². The van der Waals surface area contributed by atoms with Crippen LogP contribution in [0.2, 0.25) is 0 Å². The Kier molecular flexibility index (Phi) is 3.08. The summed E-state index contributed by atoms with van der Waals surface area (Å²) in [5.74, 6) is 0.640. The minimum Gasteiger partial charge on any atom is -0.265 e. The molecule has 0 atom stereocenters. The molecule has 0 N–H and O–H groups in total. The lowest BCUT2D eigenvalue weighted by Gasteiger charge is -2.07. The van der Waals surface area contributed by atoms with Crippen molar-refractivity contribution < 1.29 is 0 Å². The highest BCUT2D eigenvalue weighted by atomic mass is 15.3. The summed E-state index contributed by atoms with van der Waals surface area (Å²) in [5, 5.41) is 9.94. The summed E-state index contributed by atoms with van der Waals surface area (Å²) in [6.07, 6.45) is 6.93. The van der Waals surface area contributed by atoms with Crippen LogP contribution in [-0.2, 0) is 0 Å². The van der Waals surface area contributed by atoms with E-state index in [0.29, 0.717) is 5.82 Å². The minimum atomic E-state index is 0.640. The highest BCUT2D eigenvalue weighted by Crippen LogP contribution is 2.24. The maximum atomic E-state index is 4.69. The Hall–Kier alpha value is -3.61. The smallest absolute Gasteiger partial charge is 0.182 e. The van der Waals surface area contributed by atoms with Gasteiger partial charge in [0.05, 0.1) is 17.3 Å². The average molecular weight is 341 g/mol. The lowest BCUT2D eigenvalue weighted by atomic mass is 10.1. The first-order valence-corrected chi connectivity index (χ1v) is 8.28. The third-order valence-corrected chi connectivity index (χ3v) is 4.42. The predicted molar refractivity (Wildman–Crippen MR) is 98.1 cm³/mol. The van der Waals surface area contributed by atoms with Crippen molar-refractivity contribution in [3.05, 3.63) is 66.4 Å². The van der Waals surface area contributed by atoms with Crippen molar-refractivity contribution >= 4 is 16.7 Å². The highest BCUT2D eigenvalue weighted by molar-refractivity contribution is 5.90. The van der Waals surface area contributed by atoms with Crippen LogP contribution in [0.25, 0.3) is 33.8 Å². The molecular formula is C19H15N7. The number of aromatic nitrogens is 7. The van der Waals surface area contributed by atoms with E-state index in [-0.39, 0.29) is 0 Å². The summed E-state index contributed by atoms with van der Waals surface area (Å²) in [6, 6.07) is 10.1. The highest BCUT2D eigenvalue weighted by Gasteiger charge is 2.15. The number of hydrogen-bond acceptors (Lipinski definition) is 5. The molecule has 1 aromatic carbocycles. The van der Waals surface area contributed by atoms with Crippen LogP contribution < -0.4 is 0 Å². The number of rotatable bonds is 2. The molecule has 0 amide bonds. The van der Waals surface area contributed by atoms with Crippen molar-refractivity contribution in [3.63, 3.8) is 0 Å². The van der Waals surface area contributed by atoms with E-state index >= 15 is 0 Å². The zero-order chi connectivity index (χ0) is 17.7. The third-order valence-electron chi connectivity index (χ3n) is 4.42. The van der Waals surface area contributed by atoms with Gasteiger partial charge in [0.1, 0.15) is 6.33 Å². The molecule has 0 radical (unpaired) electrons. The van der Waals surface area contributed by atoms with Crippen LogP contribution in [0.4, 0.5) is 0 Å². The molecule has 4 heterocycles. The molecule has 0 aliphatic heterocycles. The summed E-state index contributed by atoms with van der Waals surface area (Å²) in [4.78, 5) is 13.3. The van der Waals surface area contributed by atoms with Gasteiger partial charge in [-0.1, -0.05) is 17.7 Å². The van der Waals surface area contributed by atoms with Gasteiger partial charge in [-0.15, -0.1) is 5.10 Å². The van der Waals surface area contributed by atoms with Crippen molar-refractivity contribution in [2.45, 2.75) is 13.8 Å². The molecule has 5 rings (SSSR count). The van der Waals surface area contributed by atoms with Gasteiger partial charge in [0, 0.05) is 18.0 Å². The Balaban J connectivity index is 1.72. The van der Waals surface area contributed by atoms with Gasteiger partial charge in [0.2, 0.25) is 0 Å². The largest absolute Gasteiger partial charge is 0.265 e. The number of nitrogens with zero attached hydrogens (tertiary/aromatic N) is 7. The molecule has 0 saturated carbocycles. The molecule has 4 aromatic heterocycles. The fourth-order valence-corrected chi connectivity index (χ4v) is 3.16. The molecule has 0 aliphatic rings. The van der Waals surface area contributed by atoms with Gasteiger partial charge >= 0.3 is 0 Å². The second-order valence-electron chi connectivity index (χ2n) is 6.27. The molecule has 0 fully saturated rings. The molecule has 126 valence electrons. The monoisotopic (exact) mass is 341 g/mol. The van der Waals surface area contributed by atoms with E-state index in [0.717, 1.165) is 33.5 Å². The van der Waals surface area contributed by atoms with E-state index in [1.165, 1.54) is 5.56 Å². The standard InChI is InChI=1S/C19H15N7/c1-12-3-4-16(13(2)9-12)26-18-15(10-22-26)19-23-17(24-25(19)11-21-18)14-5-7-20-8-6-14/h3-11H,1-2H3. The van der Waals surface area contributed by atoms with E-state index < -0.39 is 0 Å². The van der Waals surface area contributed by atoms with Crippen LogP contribution in [0.1, 0.15) is 11.1 Å². The summed E-state index contributed by atoms with van der Waals surface area (Å²) < 4.78 is 3.54. The van der Waals surface area contributed by atoms with Gasteiger partial charge in [-0.2, -0.15) is 5.10 Å². The number of aryl methyl sites for hydroxylation is 2. The Bertz CT molecular complexity index is 1250. The van der Waals surface area contributed by atoms with Crippen LogP contribution >= 0.6 is 0 Å². The van der Waals surface area contributed by atoms with E-state index in [9.17, 15) is 0 Å². The number of benzene rings is 1. The van der Waals surface area contributed by atoms with Crippen molar-refractivity contribution in [1.82, 2.24) is 34.3 Å². The van der Waals surface area contributed by atoms with Gasteiger partial charge in [-0.05, 0) is 37.6 Å². The van der Waals surface area contributed by atoms with Gasteiger partial charge < -0.3 is 0 Å². The summed E-state index contributed by atoms with van der Waals surface area (Å²) in [5.41, 5.74) is 5.79. The second kappa shape index (κ2) is 5.45. The first-order valence-electron chi connectivity index (χ1n) is 8.28. The molecule has 0 unspecified atom stereocenters. The average Bonchev–Trinajstić information content (AvgIpc) is 3.26. The SMILES string of the molecule is Cc1ccc(-n2ncc3c2ncn2nc(-c4ccncc4)nc32)c(C)c1. The van der Waals surface area contributed by atoms with Gasteiger partial charge in [-0.3, -0.25) is 4.98 Å². The lowest BCUT2D eigenvalue weighted by Crippen LogP contribution is -2.01. The van der Waals surface area contributed by atoms with Crippen molar-refractivity contribution in [1.29, 1.82) is 0 Å². The predicted octanol–water partition coefficient (Wildman–Crippen LogP) is 3.14. The summed E-state index contributed by atoms with van der Waals surface area (Å²) in [7, 11) is 0. The quantitative estimate of drug-likeness (QED) is 0.493. The molecule has 5 aromatic rings. The number of hydrogen-bond donors (Lipinski definition) is 0. The Morgan fingerprint density at radius 2 is 1.81 bits per heavy atom. The van der Waals surface area contributed by atoms with E-state index in [4.69, 9.17) is 0 Å². The first-order chi connectivity index (χ1) is 12.7. The van der Waals surface area contributed by atoms with Crippen LogP contribution in [0.15, 0.2) is 55.2 Å². The van der Waals surface area contributed by atoms with Crippen LogP contribution in [0, 0.1) is 13.8 Å². The molecule has 0 saturated heterocycles. The third kappa shape index (κ3) is 2.17. The first kappa shape index (κ1) is 14.7. The van der Waals surface area contributed by atoms with Gasteiger partial charge in [-0.25, -0.2) is 19.2 Å². The maximum Gasteiger partial charge on any atom is 0.182 e. The van der Waals surface area contributed by atoms with Crippen LogP contribution in [0.3, 0.4) is 0 Å². The zero-order valence-electron chi connectivity index (χ0n) is 14.3. The summed E-state index contributed by atoms with van der Waals surface area (Å²) >= 11 is 0. The van der Waals surface area contributed by atoms with Crippen molar-refractivity contribution in [2.24, 2.45) is 0 Å². The van der Waals surface area contributed by atoms with Crippen molar-refractivity contribution in [3.8, 4) is 17.1 Å². The normalized spacial score (nSPS) is 11.5. The molecular weight excluding hydrogens is 326 g/mol. The van der Waals surface area contributed by atoms with Gasteiger partial charge in [0.15, 0.2) is 17.1 Å².